The van der Waals surface area contributed by atoms with Gasteiger partial charge in [-0.1, -0.05) is 12.2 Å². The van der Waals surface area contributed by atoms with Crippen LogP contribution in [0.2, 0.25) is 0 Å². The van der Waals surface area contributed by atoms with E-state index in [0.29, 0.717) is 19.5 Å². The SMILES string of the molecule is C=C(C)CN1CC(F)CC1CO. The number of hydrogen-bond donors (Lipinski definition) is 1. The van der Waals surface area contributed by atoms with Gasteiger partial charge in [0.1, 0.15) is 6.17 Å². The number of halogens is 1. The summed E-state index contributed by atoms with van der Waals surface area (Å²) < 4.78 is 12.9. The molecule has 1 rings (SSSR count). The molecule has 2 nitrogen and oxygen atoms in total. The molecule has 3 heteroatoms. The minimum Gasteiger partial charge on any atom is -0.395 e. The smallest absolute Gasteiger partial charge is 0.114 e. The second-order valence-electron chi connectivity index (χ2n) is 3.56. The van der Waals surface area contributed by atoms with Crippen LogP contribution in [0.1, 0.15) is 13.3 Å². The molecule has 1 N–H and O–H groups in total. The molecule has 1 heterocycles. The van der Waals surface area contributed by atoms with Crippen LogP contribution in [0.25, 0.3) is 0 Å². The molecule has 0 spiro atoms. The van der Waals surface area contributed by atoms with Gasteiger partial charge < -0.3 is 5.11 Å². The Bertz CT molecular complexity index is 172. The van der Waals surface area contributed by atoms with Crippen molar-refractivity contribution in [3.8, 4) is 0 Å². The molecule has 2 unspecified atom stereocenters. The average molecular weight is 173 g/mol. The summed E-state index contributed by atoms with van der Waals surface area (Å²) in [6.07, 6.45) is -0.314. The molecule has 1 saturated heterocycles. The minimum atomic E-state index is -0.776. The van der Waals surface area contributed by atoms with E-state index in [2.05, 4.69) is 6.58 Å². The Kier molecular flexibility index (Phi) is 3.23. The zero-order valence-corrected chi connectivity index (χ0v) is 7.46. The minimum absolute atomic E-state index is 0.00306. The lowest BCUT2D eigenvalue weighted by Gasteiger charge is -2.21. The lowest BCUT2D eigenvalue weighted by molar-refractivity contribution is 0.167. The maximum atomic E-state index is 12.9. The Balaban J connectivity index is 2.46. The van der Waals surface area contributed by atoms with E-state index in [0.717, 1.165) is 5.57 Å². The lowest BCUT2D eigenvalue weighted by Crippen LogP contribution is -2.33. The Labute approximate surface area is 72.7 Å². The quantitative estimate of drug-likeness (QED) is 0.643. The van der Waals surface area contributed by atoms with E-state index < -0.39 is 6.17 Å². The van der Waals surface area contributed by atoms with Crippen LogP contribution in [0.3, 0.4) is 0 Å². The molecule has 12 heavy (non-hydrogen) atoms. The molecule has 2 atom stereocenters. The van der Waals surface area contributed by atoms with Gasteiger partial charge in [-0.25, -0.2) is 4.39 Å². The summed E-state index contributed by atoms with van der Waals surface area (Å²) in [4.78, 5) is 1.95. The fourth-order valence-corrected chi connectivity index (χ4v) is 1.65. The van der Waals surface area contributed by atoms with Crippen molar-refractivity contribution in [3.63, 3.8) is 0 Å². The van der Waals surface area contributed by atoms with Crippen molar-refractivity contribution in [2.24, 2.45) is 0 Å². The first kappa shape index (κ1) is 9.68. The van der Waals surface area contributed by atoms with Crippen LogP contribution in [0.15, 0.2) is 12.2 Å². The third kappa shape index (κ3) is 2.29. The lowest BCUT2D eigenvalue weighted by atomic mass is 10.2. The standard InChI is InChI=1S/C9H16FNO/c1-7(2)4-11-5-8(10)3-9(11)6-12/h8-9,12H,1,3-6H2,2H3. The van der Waals surface area contributed by atoms with Gasteiger partial charge in [-0.15, -0.1) is 0 Å². The van der Waals surface area contributed by atoms with Crippen LogP contribution in [-0.4, -0.2) is 41.9 Å². The molecule has 0 aliphatic carbocycles. The average Bonchev–Trinajstić information content (AvgIpc) is 2.29. The van der Waals surface area contributed by atoms with Gasteiger partial charge in [0.2, 0.25) is 0 Å². The highest BCUT2D eigenvalue weighted by Crippen LogP contribution is 2.20. The van der Waals surface area contributed by atoms with Gasteiger partial charge in [0, 0.05) is 19.1 Å². The molecule has 0 saturated carbocycles. The van der Waals surface area contributed by atoms with Gasteiger partial charge in [-0.3, -0.25) is 4.90 Å². The highest BCUT2D eigenvalue weighted by Gasteiger charge is 2.30. The number of likely N-dealkylation sites (tertiary alicyclic amines) is 1. The molecular weight excluding hydrogens is 157 g/mol. The van der Waals surface area contributed by atoms with Crippen molar-refractivity contribution in [1.82, 2.24) is 4.90 Å². The zero-order chi connectivity index (χ0) is 9.14. The first-order chi connectivity index (χ1) is 5.63. The molecule has 1 aliphatic heterocycles. The van der Waals surface area contributed by atoms with Crippen molar-refractivity contribution < 1.29 is 9.50 Å². The van der Waals surface area contributed by atoms with E-state index in [9.17, 15) is 4.39 Å². The van der Waals surface area contributed by atoms with E-state index in [1.165, 1.54) is 0 Å². The molecule has 0 aromatic rings. The fourth-order valence-electron chi connectivity index (χ4n) is 1.65. The molecule has 1 aliphatic rings. The summed E-state index contributed by atoms with van der Waals surface area (Å²) in [7, 11) is 0. The largest absolute Gasteiger partial charge is 0.395 e. The molecular formula is C9H16FNO. The summed E-state index contributed by atoms with van der Waals surface area (Å²) in [5.74, 6) is 0. The predicted octanol–water partition coefficient (Wildman–Crippen LogP) is 0.967. The van der Waals surface area contributed by atoms with Gasteiger partial charge >= 0.3 is 0 Å². The van der Waals surface area contributed by atoms with Crippen LogP contribution < -0.4 is 0 Å². The van der Waals surface area contributed by atoms with Gasteiger partial charge in [0.05, 0.1) is 6.61 Å². The number of aliphatic hydroxyl groups is 1. The first-order valence-electron chi connectivity index (χ1n) is 4.27. The monoisotopic (exact) mass is 173 g/mol. The number of hydrogen-bond acceptors (Lipinski definition) is 2. The van der Waals surface area contributed by atoms with Gasteiger partial charge in [0.25, 0.3) is 0 Å². The Morgan fingerprint density at radius 3 is 2.92 bits per heavy atom. The van der Waals surface area contributed by atoms with E-state index in [-0.39, 0.29) is 12.6 Å². The van der Waals surface area contributed by atoms with Gasteiger partial charge in [-0.2, -0.15) is 0 Å². The summed E-state index contributed by atoms with van der Waals surface area (Å²) in [6, 6.07) is -0.00306. The van der Waals surface area contributed by atoms with Crippen LogP contribution in [0.4, 0.5) is 4.39 Å². The third-order valence-electron chi connectivity index (χ3n) is 2.16. The summed E-state index contributed by atoms with van der Waals surface area (Å²) in [5, 5.41) is 8.93. The summed E-state index contributed by atoms with van der Waals surface area (Å²) >= 11 is 0. The van der Waals surface area contributed by atoms with Crippen molar-refractivity contribution in [1.29, 1.82) is 0 Å². The van der Waals surface area contributed by atoms with E-state index in [4.69, 9.17) is 5.11 Å². The van der Waals surface area contributed by atoms with Crippen molar-refractivity contribution in [2.75, 3.05) is 19.7 Å². The van der Waals surface area contributed by atoms with Crippen molar-refractivity contribution in [2.45, 2.75) is 25.6 Å². The van der Waals surface area contributed by atoms with Gasteiger partial charge in [0.15, 0.2) is 0 Å². The summed E-state index contributed by atoms with van der Waals surface area (Å²) in [5.41, 5.74) is 1.02. The maximum absolute atomic E-state index is 12.9. The molecule has 0 radical (unpaired) electrons. The molecule has 0 bridgehead atoms. The Hall–Kier alpha value is -0.410. The maximum Gasteiger partial charge on any atom is 0.114 e. The van der Waals surface area contributed by atoms with Crippen LogP contribution in [-0.2, 0) is 0 Å². The van der Waals surface area contributed by atoms with Crippen molar-refractivity contribution in [3.05, 3.63) is 12.2 Å². The normalized spacial score (nSPS) is 30.9. The topological polar surface area (TPSA) is 23.5 Å². The first-order valence-corrected chi connectivity index (χ1v) is 4.27. The molecule has 0 aromatic heterocycles. The molecule has 0 aromatic carbocycles. The second-order valence-corrected chi connectivity index (χ2v) is 3.56. The highest BCUT2D eigenvalue weighted by atomic mass is 19.1. The second kappa shape index (κ2) is 4.01. The molecule has 70 valence electrons. The molecule has 1 fully saturated rings. The highest BCUT2D eigenvalue weighted by molar-refractivity contribution is 4.97. The number of nitrogens with zero attached hydrogens (tertiary/aromatic N) is 1. The van der Waals surface area contributed by atoms with E-state index in [1.807, 2.05) is 11.8 Å². The zero-order valence-electron chi connectivity index (χ0n) is 7.46. The third-order valence-corrected chi connectivity index (χ3v) is 2.16. The number of aliphatic hydroxyl groups excluding tert-OH is 1. The molecule has 0 amide bonds. The summed E-state index contributed by atoms with van der Waals surface area (Å²) in [6.45, 7) is 6.88. The van der Waals surface area contributed by atoms with E-state index in [1.54, 1.807) is 0 Å². The van der Waals surface area contributed by atoms with E-state index >= 15 is 0 Å². The van der Waals surface area contributed by atoms with Crippen molar-refractivity contribution >= 4 is 0 Å². The van der Waals surface area contributed by atoms with Crippen LogP contribution in [0.5, 0.6) is 0 Å². The predicted molar refractivity (Wildman–Crippen MR) is 46.8 cm³/mol. The Morgan fingerprint density at radius 1 is 1.75 bits per heavy atom. The Morgan fingerprint density at radius 2 is 2.42 bits per heavy atom. The number of alkyl halides is 1. The van der Waals surface area contributed by atoms with Crippen LogP contribution >= 0.6 is 0 Å². The number of rotatable bonds is 3. The van der Waals surface area contributed by atoms with Crippen LogP contribution in [0, 0.1) is 0 Å². The fraction of sp³-hybridized carbons (Fsp3) is 0.778. The van der Waals surface area contributed by atoms with Gasteiger partial charge in [-0.05, 0) is 13.3 Å².